The third kappa shape index (κ3) is 5.63. The van der Waals surface area contributed by atoms with E-state index in [1.165, 1.54) is 0 Å². The van der Waals surface area contributed by atoms with Crippen LogP contribution in [0.3, 0.4) is 0 Å². The number of nitrogens with zero attached hydrogens (tertiary/aromatic N) is 4. The predicted octanol–water partition coefficient (Wildman–Crippen LogP) is -0.0924. The largest absolute Gasteiger partial charge is 0.370 e. The first-order valence-corrected chi connectivity index (χ1v) is 10.1. The van der Waals surface area contributed by atoms with Crippen LogP contribution < -0.4 is 15.4 Å². The number of anilines is 1. The van der Waals surface area contributed by atoms with Crippen LogP contribution in [0.4, 0.5) is 5.13 Å². The van der Waals surface area contributed by atoms with Crippen LogP contribution in [0.5, 0.6) is 0 Å². The molecule has 1 aliphatic rings. The third-order valence-corrected chi connectivity index (χ3v) is 5.15. The Morgan fingerprint density at radius 1 is 1.43 bits per heavy atom. The predicted molar refractivity (Wildman–Crippen MR) is 94.4 cm³/mol. The van der Waals surface area contributed by atoms with E-state index in [0.29, 0.717) is 12.5 Å². The highest BCUT2D eigenvalue weighted by molar-refractivity contribution is 7.88. The third-order valence-electron chi connectivity index (χ3n) is 3.39. The van der Waals surface area contributed by atoms with Crippen molar-refractivity contribution in [1.82, 2.24) is 14.6 Å². The van der Waals surface area contributed by atoms with E-state index in [4.69, 9.17) is 5.73 Å². The zero-order valence-electron chi connectivity index (χ0n) is 13.7. The molecule has 1 fully saturated rings. The molecule has 8 nitrogen and oxygen atoms in total. The van der Waals surface area contributed by atoms with Gasteiger partial charge in [-0.25, -0.2) is 18.1 Å². The normalized spacial score (nSPS) is 17.6. The number of nitrogens with one attached hydrogen (secondary N) is 1. The molecule has 0 unspecified atom stereocenters. The van der Waals surface area contributed by atoms with Crippen molar-refractivity contribution in [1.29, 1.82) is 0 Å². The van der Waals surface area contributed by atoms with Gasteiger partial charge < -0.3 is 15.5 Å². The molecule has 10 heteroatoms. The number of hydrogen-bond acceptors (Lipinski definition) is 6. The highest BCUT2D eigenvalue weighted by atomic mass is 32.2. The van der Waals surface area contributed by atoms with E-state index in [-0.39, 0.29) is 0 Å². The van der Waals surface area contributed by atoms with Gasteiger partial charge >= 0.3 is 0 Å². The summed E-state index contributed by atoms with van der Waals surface area (Å²) in [7, 11) is -3.27. The van der Waals surface area contributed by atoms with Crippen LogP contribution in [-0.4, -0.2) is 68.8 Å². The maximum Gasteiger partial charge on any atom is 0.209 e. The number of piperazine rings is 1. The van der Waals surface area contributed by atoms with Gasteiger partial charge in [0.2, 0.25) is 10.0 Å². The second kappa shape index (κ2) is 7.02. The second-order valence-corrected chi connectivity index (χ2v) is 8.84. The molecular weight excluding hydrogens is 336 g/mol. The molecule has 2 rings (SSSR count). The Labute approximate surface area is 141 Å². The minimum absolute atomic E-state index is 0.290. The fourth-order valence-electron chi connectivity index (χ4n) is 2.41. The first-order chi connectivity index (χ1) is 10.7. The maximum absolute atomic E-state index is 11.3. The number of aliphatic imine (C=N–C) groups is 1. The Balaban J connectivity index is 1.88. The van der Waals surface area contributed by atoms with Gasteiger partial charge in [-0.15, -0.1) is 11.3 Å². The summed E-state index contributed by atoms with van der Waals surface area (Å²) in [5.41, 5.74) is 5.38. The Morgan fingerprint density at radius 2 is 2.09 bits per heavy atom. The summed E-state index contributed by atoms with van der Waals surface area (Å²) in [5.74, 6) is 0.451. The van der Waals surface area contributed by atoms with Crippen molar-refractivity contribution in [3.05, 3.63) is 11.6 Å². The van der Waals surface area contributed by atoms with Crippen molar-refractivity contribution >= 4 is 32.5 Å². The lowest BCUT2D eigenvalue weighted by atomic mass is 10.1. The minimum atomic E-state index is -3.27. The Kier molecular flexibility index (Phi) is 5.48. The molecule has 0 bridgehead atoms. The van der Waals surface area contributed by atoms with Gasteiger partial charge in [0.05, 0.1) is 12.8 Å². The lowest BCUT2D eigenvalue weighted by molar-refractivity contribution is 0.377. The van der Waals surface area contributed by atoms with Gasteiger partial charge in [0.25, 0.3) is 0 Å². The van der Waals surface area contributed by atoms with Gasteiger partial charge in [0.15, 0.2) is 11.1 Å². The van der Waals surface area contributed by atoms with Crippen molar-refractivity contribution in [2.24, 2.45) is 10.7 Å². The molecule has 1 saturated heterocycles. The minimum Gasteiger partial charge on any atom is -0.370 e. The molecule has 0 spiro atoms. The van der Waals surface area contributed by atoms with Crippen molar-refractivity contribution in [2.75, 3.05) is 43.9 Å². The Bertz CT molecular complexity index is 633. The molecule has 0 aromatic carbocycles. The zero-order chi connectivity index (χ0) is 17.1. The highest BCUT2D eigenvalue weighted by Gasteiger charge is 2.23. The fourth-order valence-corrected chi connectivity index (χ4v) is 4.18. The standard InChI is InChI=1S/C13H24N6O2S2/c1-13(2,17-23(3,20)21)10-16-11(14)18-5-7-19(8-6-18)12-15-4-9-22-12/h4,9,17H,5-8,10H2,1-3H3,(H2,14,16). The maximum atomic E-state index is 11.3. The van der Waals surface area contributed by atoms with Crippen LogP contribution in [-0.2, 0) is 10.0 Å². The van der Waals surface area contributed by atoms with Crippen LogP contribution in [0.25, 0.3) is 0 Å². The summed E-state index contributed by atoms with van der Waals surface area (Å²) in [5, 5.41) is 2.99. The SMILES string of the molecule is CC(C)(CN=C(N)N1CCN(c2nccs2)CC1)NS(C)(=O)=O. The quantitative estimate of drug-likeness (QED) is 0.562. The molecule has 130 valence electrons. The van der Waals surface area contributed by atoms with Crippen LogP contribution >= 0.6 is 11.3 Å². The summed E-state index contributed by atoms with van der Waals surface area (Å²) >= 11 is 1.63. The van der Waals surface area contributed by atoms with Gasteiger partial charge in [0, 0.05) is 43.3 Å². The summed E-state index contributed by atoms with van der Waals surface area (Å²) in [6.45, 7) is 7.09. The van der Waals surface area contributed by atoms with Gasteiger partial charge in [0.1, 0.15) is 0 Å². The smallest absolute Gasteiger partial charge is 0.209 e. The molecule has 2 heterocycles. The van der Waals surface area contributed by atoms with Crippen molar-refractivity contribution in [3.63, 3.8) is 0 Å². The molecule has 0 amide bonds. The molecule has 23 heavy (non-hydrogen) atoms. The van der Waals surface area contributed by atoms with Crippen molar-refractivity contribution in [3.8, 4) is 0 Å². The molecule has 0 saturated carbocycles. The van der Waals surface area contributed by atoms with Crippen LogP contribution in [0.2, 0.25) is 0 Å². The van der Waals surface area contributed by atoms with Crippen LogP contribution in [0, 0.1) is 0 Å². The summed E-state index contributed by atoms with van der Waals surface area (Å²) < 4.78 is 25.2. The van der Waals surface area contributed by atoms with Crippen LogP contribution in [0.15, 0.2) is 16.6 Å². The molecule has 1 aliphatic heterocycles. The number of hydrogen-bond donors (Lipinski definition) is 2. The van der Waals surface area contributed by atoms with E-state index < -0.39 is 15.6 Å². The summed E-state index contributed by atoms with van der Waals surface area (Å²) in [4.78, 5) is 12.9. The molecule has 0 aliphatic carbocycles. The van der Waals surface area contributed by atoms with Gasteiger partial charge in [-0.2, -0.15) is 0 Å². The molecule has 3 N–H and O–H groups in total. The van der Waals surface area contributed by atoms with E-state index in [1.54, 1.807) is 31.4 Å². The lowest BCUT2D eigenvalue weighted by Crippen LogP contribution is -2.52. The molecule has 0 radical (unpaired) electrons. The monoisotopic (exact) mass is 360 g/mol. The van der Waals surface area contributed by atoms with Crippen molar-refractivity contribution < 1.29 is 8.42 Å². The molecule has 0 atom stereocenters. The van der Waals surface area contributed by atoms with E-state index in [9.17, 15) is 8.42 Å². The van der Waals surface area contributed by atoms with Crippen molar-refractivity contribution in [2.45, 2.75) is 19.4 Å². The van der Waals surface area contributed by atoms with Crippen LogP contribution in [0.1, 0.15) is 13.8 Å². The highest BCUT2D eigenvalue weighted by Crippen LogP contribution is 2.18. The topological polar surface area (TPSA) is 104 Å². The fraction of sp³-hybridized carbons (Fsp3) is 0.692. The number of thiazole rings is 1. The van der Waals surface area contributed by atoms with Gasteiger partial charge in [-0.05, 0) is 13.8 Å². The van der Waals surface area contributed by atoms with E-state index >= 15 is 0 Å². The Morgan fingerprint density at radius 3 is 2.61 bits per heavy atom. The molecule has 1 aromatic heterocycles. The zero-order valence-corrected chi connectivity index (χ0v) is 15.3. The Hall–Kier alpha value is -1.39. The summed E-state index contributed by atoms with van der Waals surface area (Å²) in [6, 6.07) is 0. The first kappa shape index (κ1) is 18.0. The van der Waals surface area contributed by atoms with Gasteiger partial charge in [-0.3, -0.25) is 4.99 Å². The molecule has 1 aromatic rings. The summed E-state index contributed by atoms with van der Waals surface area (Å²) in [6.07, 6.45) is 2.94. The number of rotatable bonds is 5. The average Bonchev–Trinajstić information content (AvgIpc) is 2.96. The second-order valence-electron chi connectivity index (χ2n) is 6.22. The van der Waals surface area contributed by atoms with E-state index in [2.05, 4.69) is 19.6 Å². The lowest BCUT2D eigenvalue weighted by Gasteiger charge is -2.35. The number of nitrogens with two attached hydrogens (primary N) is 1. The average molecular weight is 361 g/mol. The number of aromatic nitrogens is 1. The van der Waals surface area contributed by atoms with Gasteiger partial charge in [-0.1, -0.05) is 0 Å². The number of guanidine groups is 1. The number of sulfonamides is 1. The molecular formula is C13H24N6O2S2. The first-order valence-electron chi connectivity index (χ1n) is 7.34. The van der Waals surface area contributed by atoms with E-state index in [1.807, 2.05) is 10.3 Å². The van der Waals surface area contributed by atoms with E-state index in [0.717, 1.165) is 37.6 Å².